The number of nitrogens with two attached hydrogens (primary N) is 1. The second-order valence-electron chi connectivity index (χ2n) is 6.03. The van der Waals surface area contributed by atoms with Gasteiger partial charge in [0.2, 0.25) is 0 Å². The Kier molecular flexibility index (Phi) is 5.71. The van der Waals surface area contributed by atoms with E-state index < -0.39 is 0 Å². The van der Waals surface area contributed by atoms with E-state index in [9.17, 15) is 0 Å². The third-order valence-corrected chi connectivity index (χ3v) is 4.65. The number of aliphatic imine (C=N–C) groups is 1. The molecule has 132 valence electrons. The number of rotatable bonds is 4. The van der Waals surface area contributed by atoms with Crippen molar-refractivity contribution < 1.29 is 0 Å². The molecule has 0 radical (unpaired) electrons. The number of anilines is 1. The Labute approximate surface area is 153 Å². The molecule has 1 aliphatic heterocycles. The second-order valence-corrected chi connectivity index (χ2v) is 6.47. The molecule has 3 rings (SSSR count). The van der Waals surface area contributed by atoms with Gasteiger partial charge in [-0.2, -0.15) is 0 Å². The van der Waals surface area contributed by atoms with Crippen LogP contribution in [0.25, 0.3) is 0 Å². The van der Waals surface area contributed by atoms with Gasteiger partial charge in [0.25, 0.3) is 0 Å². The number of guanidine groups is 1. The van der Waals surface area contributed by atoms with Crippen LogP contribution in [0, 0.1) is 6.92 Å². The van der Waals surface area contributed by atoms with Crippen molar-refractivity contribution in [3.8, 4) is 0 Å². The van der Waals surface area contributed by atoms with Gasteiger partial charge in [-0.3, -0.25) is 15.0 Å². The quantitative estimate of drug-likeness (QED) is 0.669. The second kappa shape index (κ2) is 8.16. The summed E-state index contributed by atoms with van der Waals surface area (Å²) in [5.74, 6) is 0.609. The summed E-state index contributed by atoms with van der Waals surface area (Å²) in [6.07, 6.45) is 4.17. The first-order valence-electron chi connectivity index (χ1n) is 8.45. The lowest BCUT2D eigenvalue weighted by atomic mass is 10.2. The van der Waals surface area contributed by atoms with E-state index in [1.807, 2.05) is 19.1 Å². The van der Waals surface area contributed by atoms with E-state index in [-0.39, 0.29) is 0 Å². The van der Waals surface area contributed by atoms with E-state index in [2.05, 4.69) is 36.9 Å². The number of piperazine rings is 1. The summed E-state index contributed by atoms with van der Waals surface area (Å²) in [7, 11) is 0. The fraction of sp³-hybridized carbons (Fsp3) is 0.389. The molecule has 0 unspecified atom stereocenters. The standard InChI is InChI=1S/C18H23ClN6/c1-14-17(22-9-8-21-14)6-7-23-18(20)25-12-10-24(11-13-25)16-4-2-15(19)3-5-16/h2-5,8-9H,6-7,10-13H2,1H3,(H2,20,23). The Morgan fingerprint density at radius 3 is 2.48 bits per heavy atom. The fourth-order valence-electron chi connectivity index (χ4n) is 2.90. The minimum atomic E-state index is 0.609. The smallest absolute Gasteiger partial charge is 0.191 e. The number of hydrogen-bond donors (Lipinski definition) is 1. The van der Waals surface area contributed by atoms with E-state index in [0.717, 1.165) is 49.0 Å². The van der Waals surface area contributed by atoms with Gasteiger partial charge in [-0.05, 0) is 31.2 Å². The van der Waals surface area contributed by atoms with Crippen LogP contribution in [0.1, 0.15) is 11.4 Å². The topological polar surface area (TPSA) is 70.6 Å². The van der Waals surface area contributed by atoms with Crippen molar-refractivity contribution in [1.29, 1.82) is 0 Å². The molecular weight excluding hydrogens is 336 g/mol. The van der Waals surface area contributed by atoms with Crippen LogP contribution in [0.2, 0.25) is 5.02 Å². The molecule has 1 saturated heterocycles. The number of aryl methyl sites for hydroxylation is 1. The Bertz CT molecular complexity index is 723. The van der Waals surface area contributed by atoms with Gasteiger partial charge in [0.05, 0.1) is 11.4 Å². The molecule has 1 fully saturated rings. The monoisotopic (exact) mass is 358 g/mol. The Hall–Kier alpha value is -2.34. The molecular formula is C18H23ClN6. The first kappa shape index (κ1) is 17.5. The molecule has 2 heterocycles. The zero-order valence-electron chi connectivity index (χ0n) is 14.4. The van der Waals surface area contributed by atoms with Crippen LogP contribution in [0.5, 0.6) is 0 Å². The van der Waals surface area contributed by atoms with Crippen LogP contribution in [0.15, 0.2) is 41.7 Å². The highest BCUT2D eigenvalue weighted by Crippen LogP contribution is 2.19. The van der Waals surface area contributed by atoms with Gasteiger partial charge in [-0.15, -0.1) is 0 Å². The summed E-state index contributed by atoms with van der Waals surface area (Å²) in [4.78, 5) is 17.6. The molecule has 0 atom stereocenters. The van der Waals surface area contributed by atoms with E-state index in [1.54, 1.807) is 12.4 Å². The average Bonchev–Trinajstić information content (AvgIpc) is 2.64. The van der Waals surface area contributed by atoms with Gasteiger partial charge in [0.1, 0.15) is 0 Å². The van der Waals surface area contributed by atoms with Crippen LogP contribution in [0.3, 0.4) is 0 Å². The normalized spacial score (nSPS) is 15.5. The lowest BCUT2D eigenvalue weighted by molar-refractivity contribution is 0.381. The molecule has 0 saturated carbocycles. The first-order chi connectivity index (χ1) is 12.1. The summed E-state index contributed by atoms with van der Waals surface area (Å²) in [6, 6.07) is 7.96. The Morgan fingerprint density at radius 2 is 1.80 bits per heavy atom. The molecule has 0 aliphatic carbocycles. The molecule has 2 aromatic rings. The molecule has 1 aliphatic rings. The van der Waals surface area contributed by atoms with Gasteiger partial charge >= 0.3 is 0 Å². The SMILES string of the molecule is Cc1nccnc1CCN=C(N)N1CCN(c2ccc(Cl)cc2)CC1. The van der Waals surface area contributed by atoms with Gasteiger partial charge in [-0.1, -0.05) is 11.6 Å². The van der Waals surface area contributed by atoms with E-state index in [4.69, 9.17) is 17.3 Å². The summed E-state index contributed by atoms with van der Waals surface area (Å²) >= 11 is 5.95. The minimum absolute atomic E-state index is 0.609. The lowest BCUT2D eigenvalue weighted by Crippen LogP contribution is -2.51. The maximum atomic E-state index is 6.16. The molecule has 0 amide bonds. The number of hydrogen-bond acceptors (Lipinski definition) is 4. The molecule has 1 aromatic heterocycles. The molecule has 2 N–H and O–H groups in total. The van der Waals surface area contributed by atoms with E-state index >= 15 is 0 Å². The van der Waals surface area contributed by atoms with Crippen molar-refractivity contribution in [2.75, 3.05) is 37.6 Å². The van der Waals surface area contributed by atoms with Gasteiger partial charge < -0.3 is 15.5 Å². The van der Waals surface area contributed by atoms with E-state index in [0.29, 0.717) is 12.5 Å². The summed E-state index contributed by atoms with van der Waals surface area (Å²) < 4.78 is 0. The summed E-state index contributed by atoms with van der Waals surface area (Å²) in [6.45, 7) is 6.15. The number of nitrogens with zero attached hydrogens (tertiary/aromatic N) is 5. The maximum Gasteiger partial charge on any atom is 0.191 e. The molecule has 7 heteroatoms. The Balaban J connectivity index is 1.50. The van der Waals surface area contributed by atoms with Crippen molar-refractivity contribution in [2.24, 2.45) is 10.7 Å². The van der Waals surface area contributed by atoms with E-state index in [1.165, 1.54) is 5.69 Å². The fourth-order valence-corrected chi connectivity index (χ4v) is 3.03. The lowest BCUT2D eigenvalue weighted by Gasteiger charge is -2.36. The summed E-state index contributed by atoms with van der Waals surface area (Å²) in [5, 5.41) is 0.761. The first-order valence-corrected chi connectivity index (χ1v) is 8.83. The molecule has 1 aromatic carbocycles. The third-order valence-electron chi connectivity index (χ3n) is 4.40. The third kappa shape index (κ3) is 4.60. The molecule has 0 bridgehead atoms. The average molecular weight is 359 g/mol. The van der Waals surface area contributed by atoms with Crippen molar-refractivity contribution in [3.63, 3.8) is 0 Å². The molecule has 25 heavy (non-hydrogen) atoms. The van der Waals surface area contributed by atoms with Crippen molar-refractivity contribution in [3.05, 3.63) is 53.1 Å². The van der Waals surface area contributed by atoms with Crippen molar-refractivity contribution >= 4 is 23.2 Å². The zero-order chi connectivity index (χ0) is 17.6. The highest BCUT2D eigenvalue weighted by Gasteiger charge is 2.18. The van der Waals surface area contributed by atoms with Gasteiger partial charge in [0.15, 0.2) is 5.96 Å². The maximum absolute atomic E-state index is 6.16. The summed E-state index contributed by atoms with van der Waals surface area (Å²) in [5.41, 5.74) is 9.28. The van der Waals surface area contributed by atoms with Crippen LogP contribution >= 0.6 is 11.6 Å². The predicted octanol–water partition coefficient (Wildman–Crippen LogP) is 2.12. The van der Waals surface area contributed by atoms with Crippen molar-refractivity contribution in [2.45, 2.75) is 13.3 Å². The highest BCUT2D eigenvalue weighted by molar-refractivity contribution is 6.30. The molecule has 6 nitrogen and oxygen atoms in total. The van der Waals surface area contributed by atoms with Crippen LogP contribution in [-0.2, 0) is 6.42 Å². The number of aromatic nitrogens is 2. The van der Waals surface area contributed by atoms with Crippen LogP contribution in [-0.4, -0.2) is 53.6 Å². The van der Waals surface area contributed by atoms with Crippen LogP contribution in [0.4, 0.5) is 5.69 Å². The predicted molar refractivity (Wildman–Crippen MR) is 102 cm³/mol. The number of benzene rings is 1. The van der Waals surface area contributed by atoms with Gasteiger partial charge in [0, 0.05) is 62.2 Å². The van der Waals surface area contributed by atoms with Crippen molar-refractivity contribution in [1.82, 2.24) is 14.9 Å². The van der Waals surface area contributed by atoms with Crippen LogP contribution < -0.4 is 10.6 Å². The number of halogens is 1. The van der Waals surface area contributed by atoms with Gasteiger partial charge in [-0.25, -0.2) is 0 Å². The zero-order valence-corrected chi connectivity index (χ0v) is 15.2. The minimum Gasteiger partial charge on any atom is -0.370 e. The largest absolute Gasteiger partial charge is 0.370 e. The molecule has 0 spiro atoms. The Morgan fingerprint density at radius 1 is 1.12 bits per heavy atom. The highest BCUT2D eigenvalue weighted by atomic mass is 35.5.